The fourth-order valence-corrected chi connectivity index (χ4v) is 7.57. The van der Waals surface area contributed by atoms with Crippen LogP contribution in [0.1, 0.15) is 0 Å². The number of aromatic nitrogens is 1. The zero-order valence-electron chi connectivity index (χ0n) is 27.3. The molecule has 10 rings (SSSR count). The Morgan fingerprint density at radius 3 is 1.48 bits per heavy atom. The Bertz CT molecular complexity index is 2860. The molecule has 2 nitrogen and oxygen atoms in total. The molecule has 2 aromatic heterocycles. The van der Waals surface area contributed by atoms with Gasteiger partial charge < -0.3 is 8.98 Å². The Morgan fingerprint density at radius 1 is 0.300 bits per heavy atom. The van der Waals surface area contributed by atoms with Crippen LogP contribution in [0, 0.1) is 0 Å². The molecule has 10 aromatic rings. The third-order valence-electron chi connectivity index (χ3n) is 10.00. The Labute approximate surface area is 290 Å². The van der Waals surface area contributed by atoms with E-state index in [0.717, 1.165) is 44.2 Å². The lowest BCUT2D eigenvalue weighted by atomic mass is 9.96. The highest BCUT2D eigenvalue weighted by atomic mass is 16.3. The maximum atomic E-state index is 6.72. The van der Waals surface area contributed by atoms with Crippen LogP contribution in [0.15, 0.2) is 192 Å². The van der Waals surface area contributed by atoms with Gasteiger partial charge in [0, 0.05) is 21.5 Å². The summed E-state index contributed by atoms with van der Waals surface area (Å²) >= 11 is 0. The number of hydrogen-bond donors (Lipinski definition) is 0. The standard InChI is InChI=1S/C48H31NO/c1-3-12-32(13-4-1)34-16-9-17-35(28-34)36-18-10-19-37(29-36)39-25-27-47-43(31-39)41-21-11-23-46(48(41)50-47)49-44-22-8-7-20-40(44)42-30-38(24-26-45(42)49)33-14-5-2-6-15-33/h1-31H. The van der Waals surface area contributed by atoms with E-state index >= 15 is 0 Å². The topological polar surface area (TPSA) is 18.1 Å². The zero-order chi connectivity index (χ0) is 33.0. The molecule has 0 spiro atoms. The Hall–Kier alpha value is -6.64. The fourth-order valence-electron chi connectivity index (χ4n) is 7.57. The van der Waals surface area contributed by atoms with Gasteiger partial charge in [-0.1, -0.05) is 140 Å². The van der Waals surface area contributed by atoms with Crippen LogP contribution in [0.25, 0.3) is 93.9 Å². The summed E-state index contributed by atoms with van der Waals surface area (Å²) in [7, 11) is 0. The lowest BCUT2D eigenvalue weighted by Gasteiger charge is -2.09. The van der Waals surface area contributed by atoms with E-state index in [9.17, 15) is 0 Å². The molecular weight excluding hydrogens is 607 g/mol. The van der Waals surface area contributed by atoms with E-state index in [-0.39, 0.29) is 0 Å². The maximum absolute atomic E-state index is 6.72. The van der Waals surface area contributed by atoms with Crippen molar-refractivity contribution < 1.29 is 4.42 Å². The van der Waals surface area contributed by atoms with E-state index in [1.54, 1.807) is 0 Å². The van der Waals surface area contributed by atoms with Gasteiger partial charge in [-0.3, -0.25) is 0 Å². The Kier molecular flexibility index (Phi) is 6.53. The van der Waals surface area contributed by atoms with Gasteiger partial charge in [-0.15, -0.1) is 0 Å². The largest absolute Gasteiger partial charge is 0.454 e. The molecule has 0 aliphatic rings. The van der Waals surface area contributed by atoms with Gasteiger partial charge >= 0.3 is 0 Å². The summed E-state index contributed by atoms with van der Waals surface area (Å²) < 4.78 is 9.08. The third kappa shape index (κ3) is 4.65. The predicted molar refractivity (Wildman–Crippen MR) is 210 cm³/mol. The quantitative estimate of drug-likeness (QED) is 0.184. The first-order valence-electron chi connectivity index (χ1n) is 17.1. The molecule has 0 fully saturated rings. The lowest BCUT2D eigenvalue weighted by molar-refractivity contribution is 0.666. The zero-order valence-corrected chi connectivity index (χ0v) is 27.3. The molecule has 0 aliphatic carbocycles. The van der Waals surface area contributed by atoms with Crippen LogP contribution in [-0.2, 0) is 0 Å². The first-order chi connectivity index (χ1) is 24.8. The Balaban J connectivity index is 1.09. The lowest BCUT2D eigenvalue weighted by Crippen LogP contribution is -1.94. The van der Waals surface area contributed by atoms with Crippen molar-refractivity contribution in [1.82, 2.24) is 4.57 Å². The number of hydrogen-bond acceptors (Lipinski definition) is 1. The van der Waals surface area contributed by atoms with Crippen molar-refractivity contribution >= 4 is 43.7 Å². The molecule has 8 aromatic carbocycles. The highest BCUT2D eigenvalue weighted by Gasteiger charge is 2.18. The second-order valence-corrected chi connectivity index (χ2v) is 12.9. The monoisotopic (exact) mass is 637 g/mol. The van der Waals surface area contributed by atoms with Gasteiger partial charge in [-0.05, 0) is 93.0 Å². The molecule has 0 atom stereocenters. The van der Waals surface area contributed by atoms with E-state index in [0.29, 0.717) is 0 Å². The average molecular weight is 638 g/mol. The summed E-state index contributed by atoms with van der Waals surface area (Å²) in [6, 6.07) is 67.3. The summed E-state index contributed by atoms with van der Waals surface area (Å²) in [5.74, 6) is 0. The van der Waals surface area contributed by atoms with Gasteiger partial charge in [0.15, 0.2) is 5.58 Å². The molecular formula is C48H31NO. The van der Waals surface area contributed by atoms with Crippen LogP contribution < -0.4 is 0 Å². The minimum absolute atomic E-state index is 0.884. The van der Waals surface area contributed by atoms with E-state index in [1.165, 1.54) is 49.7 Å². The number of rotatable bonds is 5. The molecule has 0 radical (unpaired) electrons. The van der Waals surface area contributed by atoms with Gasteiger partial charge in [-0.25, -0.2) is 0 Å². The van der Waals surface area contributed by atoms with Crippen molar-refractivity contribution in [3.8, 4) is 50.2 Å². The van der Waals surface area contributed by atoms with Crippen LogP contribution in [0.5, 0.6) is 0 Å². The van der Waals surface area contributed by atoms with Crippen LogP contribution in [0.4, 0.5) is 0 Å². The molecule has 50 heavy (non-hydrogen) atoms. The summed E-state index contributed by atoms with van der Waals surface area (Å²) in [4.78, 5) is 0. The van der Waals surface area contributed by atoms with Crippen molar-refractivity contribution in [3.63, 3.8) is 0 Å². The second-order valence-electron chi connectivity index (χ2n) is 12.9. The minimum atomic E-state index is 0.884. The van der Waals surface area contributed by atoms with E-state index in [1.807, 2.05) is 0 Å². The predicted octanol–water partition coefficient (Wildman–Crippen LogP) is 13.4. The van der Waals surface area contributed by atoms with Crippen LogP contribution in [-0.4, -0.2) is 4.57 Å². The molecule has 0 N–H and O–H groups in total. The van der Waals surface area contributed by atoms with Gasteiger partial charge in [0.1, 0.15) is 5.58 Å². The molecule has 2 heterocycles. The molecule has 0 amide bonds. The molecule has 0 unspecified atom stereocenters. The first-order valence-corrected chi connectivity index (χ1v) is 17.1. The fraction of sp³-hybridized carbons (Fsp3) is 0. The number of fused-ring (bicyclic) bond motifs is 6. The van der Waals surface area contributed by atoms with E-state index < -0.39 is 0 Å². The third-order valence-corrected chi connectivity index (χ3v) is 10.00. The van der Waals surface area contributed by atoms with E-state index in [4.69, 9.17) is 4.42 Å². The number of furan rings is 1. The summed E-state index contributed by atoms with van der Waals surface area (Å²) in [6.07, 6.45) is 0. The normalized spacial score (nSPS) is 11.6. The number of para-hydroxylation sites is 2. The molecule has 0 bridgehead atoms. The SMILES string of the molecule is c1ccc(-c2cccc(-c3cccc(-c4ccc5oc6c(-n7c8ccccc8c8cc(-c9ccccc9)ccc87)cccc6c5c4)c3)c2)cc1. The van der Waals surface area contributed by atoms with Gasteiger partial charge in [-0.2, -0.15) is 0 Å². The second kappa shape index (κ2) is 11.5. The highest BCUT2D eigenvalue weighted by Crippen LogP contribution is 2.40. The number of benzene rings is 8. The van der Waals surface area contributed by atoms with E-state index in [2.05, 4.69) is 193 Å². The van der Waals surface area contributed by atoms with Crippen molar-refractivity contribution in [3.05, 3.63) is 188 Å². The summed E-state index contributed by atoms with van der Waals surface area (Å²) in [6.45, 7) is 0. The van der Waals surface area contributed by atoms with Crippen molar-refractivity contribution in [2.75, 3.05) is 0 Å². The first kappa shape index (κ1) is 28.4. The number of nitrogens with zero attached hydrogens (tertiary/aromatic N) is 1. The van der Waals surface area contributed by atoms with Crippen LogP contribution in [0.3, 0.4) is 0 Å². The van der Waals surface area contributed by atoms with Crippen molar-refractivity contribution in [2.24, 2.45) is 0 Å². The smallest absolute Gasteiger partial charge is 0.159 e. The summed E-state index contributed by atoms with van der Waals surface area (Å²) in [5, 5.41) is 4.68. The van der Waals surface area contributed by atoms with Crippen LogP contribution >= 0.6 is 0 Å². The average Bonchev–Trinajstić information content (AvgIpc) is 3.74. The van der Waals surface area contributed by atoms with Gasteiger partial charge in [0.25, 0.3) is 0 Å². The Morgan fingerprint density at radius 2 is 0.780 bits per heavy atom. The maximum Gasteiger partial charge on any atom is 0.159 e. The minimum Gasteiger partial charge on any atom is -0.454 e. The molecule has 234 valence electrons. The molecule has 0 aliphatic heterocycles. The van der Waals surface area contributed by atoms with Crippen molar-refractivity contribution in [1.29, 1.82) is 0 Å². The molecule has 0 saturated heterocycles. The molecule has 2 heteroatoms. The van der Waals surface area contributed by atoms with Crippen molar-refractivity contribution in [2.45, 2.75) is 0 Å². The summed E-state index contributed by atoms with van der Waals surface area (Å²) in [5.41, 5.74) is 14.7. The molecule has 0 saturated carbocycles. The van der Waals surface area contributed by atoms with Gasteiger partial charge in [0.2, 0.25) is 0 Å². The highest BCUT2D eigenvalue weighted by molar-refractivity contribution is 6.13. The van der Waals surface area contributed by atoms with Crippen LogP contribution in [0.2, 0.25) is 0 Å². The van der Waals surface area contributed by atoms with Gasteiger partial charge in [0.05, 0.1) is 16.7 Å².